The zero-order valence-corrected chi connectivity index (χ0v) is 11.7. The van der Waals surface area contributed by atoms with Crippen molar-refractivity contribution in [1.29, 1.82) is 0 Å². The minimum Gasteiger partial charge on any atom is -0.356 e. The van der Waals surface area contributed by atoms with Crippen molar-refractivity contribution in [1.82, 2.24) is 10.6 Å². The van der Waals surface area contributed by atoms with E-state index in [1.54, 1.807) is 0 Å². The van der Waals surface area contributed by atoms with Crippen LogP contribution in [0.3, 0.4) is 0 Å². The highest BCUT2D eigenvalue weighted by Gasteiger charge is 2.46. The fourth-order valence-electron chi connectivity index (χ4n) is 4.31. The van der Waals surface area contributed by atoms with Crippen molar-refractivity contribution in [3.8, 4) is 0 Å². The predicted octanol–water partition coefficient (Wildman–Crippen LogP) is 1.45. The van der Waals surface area contributed by atoms with E-state index in [2.05, 4.69) is 17.6 Å². The summed E-state index contributed by atoms with van der Waals surface area (Å²) < 4.78 is 0. The van der Waals surface area contributed by atoms with E-state index in [9.17, 15) is 9.59 Å². The Labute approximate surface area is 114 Å². The van der Waals surface area contributed by atoms with Crippen LogP contribution in [0.1, 0.15) is 45.4 Å². The molecule has 4 atom stereocenters. The van der Waals surface area contributed by atoms with Crippen LogP contribution in [0.2, 0.25) is 0 Å². The SMILES string of the molecule is C[C@H]1C[C@H]2NC(=O)C[C@H]2[C@@H]1CNC(=O)C1CCCC1. The first-order chi connectivity index (χ1) is 9.15. The van der Waals surface area contributed by atoms with E-state index in [1.165, 1.54) is 12.8 Å². The van der Waals surface area contributed by atoms with Crippen LogP contribution in [0.5, 0.6) is 0 Å². The molecule has 0 aromatic heterocycles. The number of fused-ring (bicyclic) bond motifs is 1. The van der Waals surface area contributed by atoms with Gasteiger partial charge in [-0.15, -0.1) is 0 Å². The molecule has 1 aliphatic heterocycles. The molecule has 0 radical (unpaired) electrons. The zero-order valence-electron chi connectivity index (χ0n) is 11.7. The van der Waals surface area contributed by atoms with Crippen molar-refractivity contribution in [2.75, 3.05) is 6.54 Å². The molecule has 3 rings (SSSR count). The lowest BCUT2D eigenvalue weighted by Crippen LogP contribution is -2.36. The van der Waals surface area contributed by atoms with Gasteiger partial charge in [-0.05, 0) is 37.0 Å². The Morgan fingerprint density at radius 1 is 1.37 bits per heavy atom. The van der Waals surface area contributed by atoms with Gasteiger partial charge in [0.15, 0.2) is 0 Å². The number of hydrogen-bond donors (Lipinski definition) is 2. The topological polar surface area (TPSA) is 58.2 Å². The zero-order chi connectivity index (χ0) is 13.4. The Morgan fingerprint density at radius 2 is 2.11 bits per heavy atom. The minimum atomic E-state index is 0.189. The predicted molar refractivity (Wildman–Crippen MR) is 72.3 cm³/mol. The third kappa shape index (κ3) is 2.49. The van der Waals surface area contributed by atoms with E-state index >= 15 is 0 Å². The van der Waals surface area contributed by atoms with Gasteiger partial charge in [-0.1, -0.05) is 19.8 Å². The van der Waals surface area contributed by atoms with Gasteiger partial charge < -0.3 is 10.6 Å². The molecule has 3 fully saturated rings. The van der Waals surface area contributed by atoms with Gasteiger partial charge in [-0.2, -0.15) is 0 Å². The first-order valence-electron chi connectivity index (χ1n) is 7.72. The summed E-state index contributed by atoms with van der Waals surface area (Å²) in [6, 6.07) is 0.357. The summed E-state index contributed by atoms with van der Waals surface area (Å²) >= 11 is 0. The Hall–Kier alpha value is -1.06. The van der Waals surface area contributed by atoms with Crippen LogP contribution in [-0.4, -0.2) is 24.4 Å². The second kappa shape index (κ2) is 5.14. The van der Waals surface area contributed by atoms with Crippen molar-refractivity contribution >= 4 is 11.8 Å². The molecule has 1 heterocycles. The van der Waals surface area contributed by atoms with Gasteiger partial charge in [0.1, 0.15) is 0 Å². The molecule has 19 heavy (non-hydrogen) atoms. The summed E-state index contributed by atoms with van der Waals surface area (Å²) in [6.45, 7) is 3.00. The monoisotopic (exact) mass is 264 g/mol. The number of hydrogen-bond acceptors (Lipinski definition) is 2. The molecule has 4 heteroatoms. The first kappa shape index (κ1) is 12.9. The second-order valence-electron chi connectivity index (χ2n) is 6.65. The van der Waals surface area contributed by atoms with Gasteiger partial charge >= 0.3 is 0 Å². The number of carbonyl (C=O) groups is 2. The third-order valence-corrected chi connectivity index (χ3v) is 5.43. The molecular formula is C15H24N2O2. The average Bonchev–Trinajstić information content (AvgIpc) is 3.03. The Balaban J connectivity index is 1.54. The smallest absolute Gasteiger partial charge is 0.223 e. The Morgan fingerprint density at radius 3 is 2.84 bits per heavy atom. The summed E-state index contributed by atoms with van der Waals surface area (Å²) in [6.07, 6.45) is 6.22. The molecule has 2 N–H and O–H groups in total. The van der Waals surface area contributed by atoms with E-state index in [-0.39, 0.29) is 17.7 Å². The minimum absolute atomic E-state index is 0.189. The van der Waals surface area contributed by atoms with Gasteiger partial charge in [0.25, 0.3) is 0 Å². The molecule has 0 bridgehead atoms. The maximum atomic E-state index is 12.1. The standard InChI is InChI=1S/C15H24N2O2/c1-9-6-13-11(7-14(18)17-13)12(9)8-16-15(19)10-4-2-3-5-10/h9-13H,2-8H2,1H3,(H,16,19)(H,17,18)/t9-,11-,12+,13+/m0/s1. The van der Waals surface area contributed by atoms with Crippen molar-refractivity contribution < 1.29 is 9.59 Å². The summed E-state index contributed by atoms with van der Waals surface area (Å²) in [5.74, 6) is 2.18. The molecule has 0 aromatic carbocycles. The maximum Gasteiger partial charge on any atom is 0.223 e. The molecule has 106 valence electrons. The molecule has 2 aliphatic carbocycles. The normalized spacial score (nSPS) is 38.3. The summed E-state index contributed by atoms with van der Waals surface area (Å²) in [5, 5.41) is 6.21. The van der Waals surface area contributed by atoms with E-state index in [0.717, 1.165) is 25.8 Å². The third-order valence-electron chi connectivity index (χ3n) is 5.43. The van der Waals surface area contributed by atoms with Gasteiger partial charge in [0.2, 0.25) is 11.8 Å². The number of rotatable bonds is 3. The fraction of sp³-hybridized carbons (Fsp3) is 0.867. The fourth-order valence-corrected chi connectivity index (χ4v) is 4.31. The van der Waals surface area contributed by atoms with Crippen LogP contribution in [-0.2, 0) is 9.59 Å². The lowest BCUT2D eigenvalue weighted by atomic mass is 9.88. The van der Waals surface area contributed by atoms with Gasteiger partial charge in [-0.3, -0.25) is 9.59 Å². The molecule has 1 saturated heterocycles. The second-order valence-corrected chi connectivity index (χ2v) is 6.65. The maximum absolute atomic E-state index is 12.1. The number of carbonyl (C=O) groups excluding carboxylic acids is 2. The molecule has 0 unspecified atom stereocenters. The molecule has 4 nitrogen and oxygen atoms in total. The van der Waals surface area contributed by atoms with E-state index in [0.29, 0.717) is 30.2 Å². The average molecular weight is 264 g/mol. The summed E-state index contributed by atoms with van der Waals surface area (Å²) in [7, 11) is 0. The molecule has 0 aromatic rings. The summed E-state index contributed by atoms with van der Waals surface area (Å²) in [4.78, 5) is 23.5. The molecule has 0 spiro atoms. The lowest BCUT2D eigenvalue weighted by molar-refractivity contribution is -0.125. The highest BCUT2D eigenvalue weighted by atomic mass is 16.2. The van der Waals surface area contributed by atoms with Crippen LogP contribution in [0.15, 0.2) is 0 Å². The Kier molecular flexibility index (Phi) is 3.50. The van der Waals surface area contributed by atoms with E-state index in [1.807, 2.05) is 0 Å². The van der Waals surface area contributed by atoms with Crippen LogP contribution in [0.4, 0.5) is 0 Å². The van der Waals surface area contributed by atoms with E-state index in [4.69, 9.17) is 0 Å². The highest BCUT2D eigenvalue weighted by Crippen LogP contribution is 2.41. The Bertz CT molecular complexity index is 376. The molecule has 3 aliphatic rings. The molecular weight excluding hydrogens is 240 g/mol. The largest absolute Gasteiger partial charge is 0.356 e. The molecule has 2 amide bonds. The summed E-state index contributed by atoms with van der Waals surface area (Å²) in [5.41, 5.74) is 0. The van der Waals surface area contributed by atoms with Crippen LogP contribution in [0, 0.1) is 23.7 Å². The quantitative estimate of drug-likeness (QED) is 0.810. The van der Waals surface area contributed by atoms with Crippen LogP contribution >= 0.6 is 0 Å². The van der Waals surface area contributed by atoms with Crippen LogP contribution < -0.4 is 10.6 Å². The van der Waals surface area contributed by atoms with Crippen molar-refractivity contribution in [3.63, 3.8) is 0 Å². The van der Waals surface area contributed by atoms with Gasteiger partial charge in [-0.25, -0.2) is 0 Å². The lowest BCUT2D eigenvalue weighted by Gasteiger charge is -2.22. The van der Waals surface area contributed by atoms with Gasteiger partial charge in [0, 0.05) is 24.9 Å². The highest BCUT2D eigenvalue weighted by molar-refractivity contribution is 5.80. The van der Waals surface area contributed by atoms with Crippen molar-refractivity contribution in [2.24, 2.45) is 23.7 Å². The number of amides is 2. The van der Waals surface area contributed by atoms with Crippen LogP contribution in [0.25, 0.3) is 0 Å². The van der Waals surface area contributed by atoms with Gasteiger partial charge in [0.05, 0.1) is 0 Å². The van der Waals surface area contributed by atoms with Crippen molar-refractivity contribution in [3.05, 3.63) is 0 Å². The number of nitrogens with one attached hydrogen (secondary N) is 2. The van der Waals surface area contributed by atoms with Crippen molar-refractivity contribution in [2.45, 2.75) is 51.5 Å². The molecule has 2 saturated carbocycles. The van der Waals surface area contributed by atoms with E-state index < -0.39 is 0 Å². The first-order valence-corrected chi connectivity index (χ1v) is 7.72.